The molecule has 0 aliphatic carbocycles. The molecule has 22 heavy (non-hydrogen) atoms. The van der Waals surface area contributed by atoms with Gasteiger partial charge in [-0.15, -0.1) is 0 Å². The molecular formula is C17H15F2N3. The Morgan fingerprint density at radius 2 is 1.73 bits per heavy atom. The molecular weight excluding hydrogens is 284 g/mol. The normalized spacial score (nSPS) is 11.3. The zero-order chi connectivity index (χ0) is 15.9. The second-order valence-electron chi connectivity index (χ2n) is 5.48. The van der Waals surface area contributed by atoms with Crippen LogP contribution >= 0.6 is 0 Å². The first kappa shape index (κ1) is 14.4. The second kappa shape index (κ2) is 5.33. The molecule has 0 aliphatic rings. The maximum atomic E-state index is 13.9. The lowest BCUT2D eigenvalue weighted by molar-refractivity contribution is 0.627. The minimum absolute atomic E-state index is 0.148. The van der Waals surface area contributed by atoms with E-state index in [1.54, 1.807) is 12.1 Å². The topological polar surface area (TPSA) is 51.8 Å². The Labute approximate surface area is 126 Å². The summed E-state index contributed by atoms with van der Waals surface area (Å²) in [4.78, 5) is 8.41. The summed E-state index contributed by atoms with van der Waals surface area (Å²) in [6, 6.07) is 8.71. The van der Waals surface area contributed by atoms with Crippen LogP contribution in [-0.4, -0.2) is 9.97 Å². The average Bonchev–Trinajstić information content (AvgIpc) is 2.46. The van der Waals surface area contributed by atoms with Gasteiger partial charge in [0.05, 0.1) is 5.69 Å². The molecule has 3 aromatic rings. The molecule has 1 aromatic heterocycles. The van der Waals surface area contributed by atoms with Crippen LogP contribution in [0.1, 0.15) is 25.5 Å². The summed E-state index contributed by atoms with van der Waals surface area (Å²) in [5, 5.41) is 0.815. The number of benzene rings is 2. The first-order valence-electron chi connectivity index (χ1n) is 6.98. The van der Waals surface area contributed by atoms with Crippen molar-refractivity contribution in [2.45, 2.75) is 19.8 Å². The third kappa shape index (κ3) is 2.50. The highest BCUT2D eigenvalue weighted by molar-refractivity contribution is 5.96. The van der Waals surface area contributed by atoms with Crippen LogP contribution in [0, 0.1) is 11.6 Å². The quantitative estimate of drug-likeness (QED) is 0.768. The van der Waals surface area contributed by atoms with Gasteiger partial charge >= 0.3 is 0 Å². The van der Waals surface area contributed by atoms with Gasteiger partial charge in [0.25, 0.3) is 0 Å². The summed E-state index contributed by atoms with van der Waals surface area (Å²) >= 11 is 0. The van der Waals surface area contributed by atoms with Gasteiger partial charge < -0.3 is 5.73 Å². The van der Waals surface area contributed by atoms with Gasteiger partial charge in [-0.05, 0) is 47.7 Å². The molecule has 1 heterocycles. The van der Waals surface area contributed by atoms with Crippen molar-refractivity contribution in [3.8, 4) is 11.3 Å². The summed E-state index contributed by atoms with van der Waals surface area (Å²) in [6.07, 6.45) is 0. The van der Waals surface area contributed by atoms with Gasteiger partial charge in [-0.3, -0.25) is 0 Å². The summed E-state index contributed by atoms with van der Waals surface area (Å²) in [5.74, 6) is -0.502. The number of nitrogens with two attached hydrogens (primary N) is 1. The van der Waals surface area contributed by atoms with Crippen LogP contribution in [-0.2, 0) is 0 Å². The largest absolute Gasteiger partial charge is 0.368 e. The van der Waals surface area contributed by atoms with E-state index >= 15 is 0 Å². The maximum Gasteiger partial charge on any atom is 0.220 e. The number of fused-ring (bicyclic) bond motifs is 1. The van der Waals surface area contributed by atoms with Crippen molar-refractivity contribution in [2.24, 2.45) is 0 Å². The van der Waals surface area contributed by atoms with E-state index in [1.165, 1.54) is 24.3 Å². The highest BCUT2D eigenvalue weighted by atomic mass is 19.1. The number of hydrogen-bond donors (Lipinski definition) is 1. The molecule has 0 atom stereocenters. The van der Waals surface area contributed by atoms with Crippen LogP contribution in [0.3, 0.4) is 0 Å². The van der Waals surface area contributed by atoms with Crippen LogP contribution in [0.4, 0.5) is 14.7 Å². The fourth-order valence-corrected chi connectivity index (χ4v) is 2.43. The van der Waals surface area contributed by atoms with Crippen LogP contribution in [0.15, 0.2) is 36.4 Å². The van der Waals surface area contributed by atoms with E-state index < -0.39 is 11.6 Å². The molecule has 3 rings (SSSR count). The molecule has 112 valence electrons. The lowest BCUT2D eigenvalue weighted by Crippen LogP contribution is -2.02. The Kier molecular flexibility index (Phi) is 3.48. The Hall–Kier alpha value is -2.56. The van der Waals surface area contributed by atoms with Crippen molar-refractivity contribution < 1.29 is 8.78 Å². The third-order valence-corrected chi connectivity index (χ3v) is 3.56. The third-order valence-electron chi connectivity index (χ3n) is 3.56. The predicted octanol–water partition coefficient (Wildman–Crippen LogP) is 4.28. The fourth-order valence-electron chi connectivity index (χ4n) is 2.43. The summed E-state index contributed by atoms with van der Waals surface area (Å²) < 4.78 is 27.5. The smallest absolute Gasteiger partial charge is 0.220 e. The van der Waals surface area contributed by atoms with E-state index in [4.69, 9.17) is 5.73 Å². The van der Waals surface area contributed by atoms with Gasteiger partial charge in [-0.2, -0.15) is 0 Å². The Morgan fingerprint density at radius 3 is 2.45 bits per heavy atom. The van der Waals surface area contributed by atoms with E-state index in [1.807, 2.05) is 13.8 Å². The Morgan fingerprint density at radius 1 is 0.955 bits per heavy atom. The fraction of sp³-hybridized carbons (Fsp3) is 0.176. The van der Waals surface area contributed by atoms with Crippen molar-refractivity contribution in [1.29, 1.82) is 0 Å². The molecule has 5 heteroatoms. The molecule has 0 fully saturated rings. The standard InChI is InChI=1S/C17H15F2N3/c1-9(2)15-8-16(22-17(20)21-15)12-5-6-14(19)11-4-3-10(18)7-13(11)12/h3-9H,1-2H3,(H2,20,21,22). The van der Waals surface area contributed by atoms with Gasteiger partial charge in [0.15, 0.2) is 0 Å². The number of halogens is 2. The predicted molar refractivity (Wildman–Crippen MR) is 83.4 cm³/mol. The van der Waals surface area contributed by atoms with Gasteiger partial charge in [0.2, 0.25) is 5.95 Å². The van der Waals surface area contributed by atoms with E-state index in [-0.39, 0.29) is 11.9 Å². The van der Waals surface area contributed by atoms with Gasteiger partial charge in [-0.1, -0.05) is 13.8 Å². The van der Waals surface area contributed by atoms with Crippen molar-refractivity contribution in [2.75, 3.05) is 5.73 Å². The van der Waals surface area contributed by atoms with E-state index in [0.717, 1.165) is 5.69 Å². The number of rotatable bonds is 2. The first-order chi connectivity index (χ1) is 10.5. The van der Waals surface area contributed by atoms with Gasteiger partial charge in [0, 0.05) is 16.6 Å². The number of nitrogens with zero attached hydrogens (tertiary/aromatic N) is 2. The number of anilines is 1. The Balaban J connectivity index is 2.31. The maximum absolute atomic E-state index is 13.9. The highest BCUT2D eigenvalue weighted by Gasteiger charge is 2.13. The lowest BCUT2D eigenvalue weighted by Gasteiger charge is -2.11. The molecule has 2 aromatic carbocycles. The molecule has 0 bridgehead atoms. The number of hydrogen-bond acceptors (Lipinski definition) is 3. The molecule has 0 saturated heterocycles. The lowest BCUT2D eigenvalue weighted by atomic mass is 9.99. The summed E-state index contributed by atoms with van der Waals surface area (Å²) in [7, 11) is 0. The monoisotopic (exact) mass is 299 g/mol. The van der Waals surface area contributed by atoms with Crippen LogP contribution in [0.2, 0.25) is 0 Å². The minimum atomic E-state index is -0.425. The Bertz CT molecular complexity index is 860. The first-order valence-corrected chi connectivity index (χ1v) is 6.98. The molecule has 0 amide bonds. The van der Waals surface area contributed by atoms with Gasteiger partial charge in [-0.25, -0.2) is 18.7 Å². The van der Waals surface area contributed by atoms with Crippen molar-refractivity contribution in [3.05, 3.63) is 53.7 Å². The molecule has 0 aliphatic heterocycles. The molecule has 0 saturated carbocycles. The van der Waals surface area contributed by atoms with E-state index in [0.29, 0.717) is 22.0 Å². The highest BCUT2D eigenvalue weighted by Crippen LogP contribution is 2.31. The van der Waals surface area contributed by atoms with E-state index in [9.17, 15) is 8.78 Å². The minimum Gasteiger partial charge on any atom is -0.368 e. The van der Waals surface area contributed by atoms with Crippen molar-refractivity contribution >= 4 is 16.7 Å². The SMILES string of the molecule is CC(C)c1cc(-c2ccc(F)c3ccc(F)cc23)nc(N)n1. The zero-order valence-electron chi connectivity index (χ0n) is 12.3. The molecule has 0 spiro atoms. The van der Waals surface area contributed by atoms with Gasteiger partial charge in [0.1, 0.15) is 11.6 Å². The summed E-state index contributed by atoms with van der Waals surface area (Å²) in [6.45, 7) is 3.99. The van der Waals surface area contributed by atoms with Crippen LogP contribution in [0.5, 0.6) is 0 Å². The number of nitrogen functional groups attached to an aromatic ring is 1. The molecule has 0 radical (unpaired) electrons. The molecule has 2 N–H and O–H groups in total. The second-order valence-corrected chi connectivity index (χ2v) is 5.48. The van der Waals surface area contributed by atoms with Crippen LogP contribution < -0.4 is 5.73 Å². The van der Waals surface area contributed by atoms with Crippen molar-refractivity contribution in [1.82, 2.24) is 9.97 Å². The summed E-state index contributed by atoms with van der Waals surface area (Å²) in [5.41, 5.74) is 7.75. The number of aromatic nitrogens is 2. The average molecular weight is 299 g/mol. The van der Waals surface area contributed by atoms with Crippen LogP contribution in [0.25, 0.3) is 22.0 Å². The zero-order valence-corrected chi connectivity index (χ0v) is 12.3. The molecule has 3 nitrogen and oxygen atoms in total. The van der Waals surface area contributed by atoms with E-state index in [2.05, 4.69) is 9.97 Å². The van der Waals surface area contributed by atoms with Crippen molar-refractivity contribution in [3.63, 3.8) is 0 Å². The molecule has 0 unspecified atom stereocenters.